The van der Waals surface area contributed by atoms with Gasteiger partial charge in [-0.15, -0.1) is 11.3 Å². The second-order valence-corrected chi connectivity index (χ2v) is 4.13. The predicted molar refractivity (Wildman–Crippen MR) is 48.9 cm³/mol. The van der Waals surface area contributed by atoms with Crippen LogP contribution < -0.4 is 0 Å². The van der Waals surface area contributed by atoms with Crippen LogP contribution in [0.1, 0.15) is 23.8 Å². The highest BCUT2D eigenvalue weighted by Crippen LogP contribution is 2.32. The monoisotopic (exact) mass is 167 g/mol. The van der Waals surface area contributed by atoms with E-state index >= 15 is 0 Å². The first-order valence-corrected chi connectivity index (χ1v) is 4.99. The highest BCUT2D eigenvalue weighted by Gasteiger charge is 2.22. The Bertz CT molecular complexity index is 217. The van der Waals surface area contributed by atoms with Crippen LogP contribution in [-0.4, -0.2) is 18.5 Å². The molecule has 11 heavy (non-hydrogen) atoms. The third-order valence-electron chi connectivity index (χ3n) is 2.39. The van der Waals surface area contributed by atoms with Crippen LogP contribution in [0.25, 0.3) is 0 Å². The molecule has 1 fully saturated rings. The second kappa shape index (κ2) is 2.95. The minimum atomic E-state index is 0.718. The Hall–Kier alpha value is -0.340. The molecule has 0 aromatic carbocycles. The maximum Gasteiger partial charge on any atom is 0.0438 e. The van der Waals surface area contributed by atoms with Gasteiger partial charge in [-0.3, -0.25) is 4.90 Å². The molecule has 2 heterocycles. The van der Waals surface area contributed by atoms with Gasteiger partial charge in [0, 0.05) is 10.9 Å². The highest BCUT2D eigenvalue weighted by molar-refractivity contribution is 7.10. The van der Waals surface area contributed by atoms with Gasteiger partial charge in [0.2, 0.25) is 0 Å². The molecule has 1 atom stereocenters. The fraction of sp³-hybridized carbons (Fsp3) is 0.556. The van der Waals surface area contributed by atoms with E-state index < -0.39 is 0 Å². The average Bonchev–Trinajstić information content (AvgIpc) is 2.55. The highest BCUT2D eigenvalue weighted by atomic mass is 32.1. The van der Waals surface area contributed by atoms with Crippen molar-refractivity contribution in [2.24, 2.45) is 0 Å². The van der Waals surface area contributed by atoms with E-state index in [2.05, 4.69) is 29.5 Å². The molecule has 2 heteroatoms. The Morgan fingerprint density at radius 3 is 3.09 bits per heavy atom. The summed E-state index contributed by atoms with van der Waals surface area (Å²) in [5, 5.41) is 2.17. The molecular weight excluding hydrogens is 154 g/mol. The van der Waals surface area contributed by atoms with Crippen molar-refractivity contribution < 1.29 is 0 Å². The summed E-state index contributed by atoms with van der Waals surface area (Å²) in [5.74, 6) is 0. The van der Waals surface area contributed by atoms with Crippen LogP contribution in [-0.2, 0) is 0 Å². The summed E-state index contributed by atoms with van der Waals surface area (Å²) >= 11 is 1.88. The Kier molecular flexibility index (Phi) is 1.96. The first kappa shape index (κ1) is 7.32. The molecule has 1 aliphatic rings. The van der Waals surface area contributed by atoms with Gasteiger partial charge in [-0.1, -0.05) is 6.07 Å². The standard InChI is InChI=1S/C9H13NS/c1-10-6-2-4-8(10)9-5-3-7-11-9/h3,5,7-8H,2,4,6H2,1H3/t8-/m1/s1. The van der Waals surface area contributed by atoms with Crippen molar-refractivity contribution in [2.45, 2.75) is 18.9 Å². The summed E-state index contributed by atoms with van der Waals surface area (Å²) in [6, 6.07) is 5.11. The van der Waals surface area contributed by atoms with Crippen LogP contribution in [0.3, 0.4) is 0 Å². The minimum Gasteiger partial charge on any atom is -0.299 e. The van der Waals surface area contributed by atoms with Crippen molar-refractivity contribution in [1.82, 2.24) is 4.90 Å². The van der Waals surface area contributed by atoms with Crippen LogP contribution in [0.15, 0.2) is 17.5 Å². The predicted octanol–water partition coefficient (Wildman–Crippen LogP) is 2.51. The Balaban J connectivity index is 2.16. The van der Waals surface area contributed by atoms with E-state index in [4.69, 9.17) is 0 Å². The van der Waals surface area contributed by atoms with Gasteiger partial charge >= 0.3 is 0 Å². The largest absolute Gasteiger partial charge is 0.299 e. The third-order valence-corrected chi connectivity index (χ3v) is 3.37. The zero-order chi connectivity index (χ0) is 7.68. The van der Waals surface area contributed by atoms with Gasteiger partial charge in [-0.05, 0) is 37.9 Å². The minimum absolute atomic E-state index is 0.718. The number of hydrogen-bond donors (Lipinski definition) is 0. The molecule has 0 saturated carbocycles. The molecule has 60 valence electrons. The lowest BCUT2D eigenvalue weighted by Crippen LogP contribution is -2.16. The number of nitrogens with zero attached hydrogens (tertiary/aromatic N) is 1. The molecule has 0 N–H and O–H groups in total. The van der Waals surface area contributed by atoms with Crippen LogP contribution in [0.5, 0.6) is 0 Å². The first-order valence-electron chi connectivity index (χ1n) is 4.11. The van der Waals surface area contributed by atoms with E-state index in [9.17, 15) is 0 Å². The van der Waals surface area contributed by atoms with E-state index in [0.717, 1.165) is 6.04 Å². The molecule has 0 bridgehead atoms. The smallest absolute Gasteiger partial charge is 0.0438 e. The van der Waals surface area contributed by atoms with Crippen LogP contribution in [0.4, 0.5) is 0 Å². The number of thiophene rings is 1. The topological polar surface area (TPSA) is 3.24 Å². The Morgan fingerprint density at radius 2 is 2.55 bits per heavy atom. The quantitative estimate of drug-likeness (QED) is 0.621. The molecule has 1 aromatic rings. The Morgan fingerprint density at radius 1 is 1.64 bits per heavy atom. The second-order valence-electron chi connectivity index (χ2n) is 3.15. The summed E-state index contributed by atoms with van der Waals surface area (Å²) in [6.07, 6.45) is 2.70. The molecule has 1 aromatic heterocycles. The van der Waals surface area contributed by atoms with E-state index in [1.807, 2.05) is 11.3 Å². The van der Waals surface area contributed by atoms with Crippen molar-refractivity contribution >= 4 is 11.3 Å². The van der Waals surface area contributed by atoms with Gasteiger partial charge in [0.05, 0.1) is 0 Å². The van der Waals surface area contributed by atoms with Gasteiger partial charge in [0.1, 0.15) is 0 Å². The summed E-state index contributed by atoms with van der Waals surface area (Å²) in [7, 11) is 2.22. The van der Waals surface area contributed by atoms with Gasteiger partial charge in [0.25, 0.3) is 0 Å². The average molecular weight is 167 g/mol. The van der Waals surface area contributed by atoms with Crippen molar-refractivity contribution in [3.05, 3.63) is 22.4 Å². The fourth-order valence-electron chi connectivity index (χ4n) is 1.75. The molecule has 0 spiro atoms. The maximum atomic E-state index is 2.45. The first-order chi connectivity index (χ1) is 5.38. The van der Waals surface area contributed by atoms with Crippen molar-refractivity contribution in [2.75, 3.05) is 13.6 Å². The lowest BCUT2D eigenvalue weighted by molar-refractivity contribution is 0.321. The van der Waals surface area contributed by atoms with Gasteiger partial charge < -0.3 is 0 Å². The fourth-order valence-corrected chi connectivity index (χ4v) is 2.68. The molecular formula is C9H13NS. The number of rotatable bonds is 1. The Labute approximate surface area is 71.7 Å². The normalized spacial score (nSPS) is 26.1. The van der Waals surface area contributed by atoms with Crippen molar-refractivity contribution in [3.63, 3.8) is 0 Å². The van der Waals surface area contributed by atoms with E-state index in [0.29, 0.717) is 0 Å². The van der Waals surface area contributed by atoms with E-state index in [1.54, 1.807) is 0 Å². The lowest BCUT2D eigenvalue weighted by atomic mass is 10.2. The summed E-state index contributed by atoms with van der Waals surface area (Å²) in [4.78, 5) is 3.98. The van der Waals surface area contributed by atoms with Crippen molar-refractivity contribution in [1.29, 1.82) is 0 Å². The number of hydrogen-bond acceptors (Lipinski definition) is 2. The van der Waals surface area contributed by atoms with Gasteiger partial charge in [0.15, 0.2) is 0 Å². The lowest BCUT2D eigenvalue weighted by Gasteiger charge is -2.17. The zero-order valence-electron chi connectivity index (χ0n) is 6.79. The van der Waals surface area contributed by atoms with E-state index in [1.165, 1.54) is 24.3 Å². The molecule has 0 aliphatic carbocycles. The van der Waals surface area contributed by atoms with Gasteiger partial charge in [-0.2, -0.15) is 0 Å². The molecule has 0 amide bonds. The molecule has 2 rings (SSSR count). The maximum absolute atomic E-state index is 2.45. The summed E-state index contributed by atoms with van der Waals surface area (Å²) < 4.78 is 0. The zero-order valence-corrected chi connectivity index (χ0v) is 7.60. The van der Waals surface area contributed by atoms with Crippen LogP contribution in [0.2, 0.25) is 0 Å². The molecule has 1 aliphatic heterocycles. The molecule has 0 radical (unpaired) electrons. The third kappa shape index (κ3) is 1.33. The molecule has 0 unspecified atom stereocenters. The van der Waals surface area contributed by atoms with Crippen LogP contribution >= 0.6 is 11.3 Å². The van der Waals surface area contributed by atoms with Crippen LogP contribution in [0, 0.1) is 0 Å². The molecule has 1 saturated heterocycles. The SMILES string of the molecule is CN1CCC[C@@H]1c1cccs1. The van der Waals surface area contributed by atoms with E-state index in [-0.39, 0.29) is 0 Å². The summed E-state index contributed by atoms with van der Waals surface area (Å²) in [6.45, 7) is 1.27. The number of likely N-dealkylation sites (tertiary alicyclic amines) is 1. The van der Waals surface area contributed by atoms with Gasteiger partial charge in [-0.25, -0.2) is 0 Å². The molecule has 1 nitrogen and oxygen atoms in total. The van der Waals surface area contributed by atoms with Crippen molar-refractivity contribution in [3.8, 4) is 0 Å². The summed E-state index contributed by atoms with van der Waals surface area (Å²) in [5.41, 5.74) is 0.